The molecule has 1 saturated heterocycles. The summed E-state index contributed by atoms with van der Waals surface area (Å²) in [6.45, 7) is 7.61. The molecule has 0 bridgehead atoms. The summed E-state index contributed by atoms with van der Waals surface area (Å²) in [6.07, 6.45) is 3.80. The van der Waals surface area contributed by atoms with E-state index in [1.54, 1.807) is 7.11 Å². The van der Waals surface area contributed by atoms with Crippen molar-refractivity contribution < 1.29 is 14.3 Å². The fourth-order valence-electron chi connectivity index (χ4n) is 3.99. The maximum atomic E-state index is 12.8. The van der Waals surface area contributed by atoms with E-state index in [4.69, 9.17) is 9.47 Å². The second kappa shape index (κ2) is 9.62. The van der Waals surface area contributed by atoms with Crippen LogP contribution >= 0.6 is 11.3 Å². The van der Waals surface area contributed by atoms with Crippen LogP contribution in [0.15, 0.2) is 30.5 Å². The van der Waals surface area contributed by atoms with Crippen molar-refractivity contribution in [3.05, 3.63) is 41.6 Å². The molecule has 1 fully saturated rings. The molecule has 3 heterocycles. The molecule has 0 atom stereocenters. The molecule has 0 saturated carbocycles. The van der Waals surface area contributed by atoms with Crippen LogP contribution in [0, 0.1) is 0 Å². The summed E-state index contributed by atoms with van der Waals surface area (Å²) in [5.41, 5.74) is 3.56. The molecule has 1 aliphatic rings. The fourth-order valence-corrected chi connectivity index (χ4v) is 5.03. The molecule has 3 aromatic rings. The number of methoxy groups -OCH3 is 1. The maximum absolute atomic E-state index is 12.8. The quantitative estimate of drug-likeness (QED) is 0.574. The van der Waals surface area contributed by atoms with Crippen LogP contribution in [0.25, 0.3) is 10.2 Å². The van der Waals surface area contributed by atoms with Gasteiger partial charge in [-0.1, -0.05) is 11.3 Å². The third kappa shape index (κ3) is 4.50. The topological polar surface area (TPSA) is 76.6 Å². The van der Waals surface area contributed by atoms with Crippen molar-refractivity contribution in [2.24, 2.45) is 0 Å². The lowest BCUT2D eigenvalue weighted by molar-refractivity contribution is 0.0855. The summed E-state index contributed by atoms with van der Waals surface area (Å²) in [5, 5.41) is 3.50. The Morgan fingerprint density at radius 1 is 1.23 bits per heavy atom. The first-order valence-corrected chi connectivity index (χ1v) is 11.5. The number of anilines is 2. The third-order valence-electron chi connectivity index (χ3n) is 5.75. The summed E-state index contributed by atoms with van der Waals surface area (Å²) >= 11 is 1.47. The number of thiazole rings is 1. The molecule has 31 heavy (non-hydrogen) atoms. The lowest BCUT2D eigenvalue weighted by Crippen LogP contribution is -2.21. The molecule has 1 aliphatic heterocycles. The van der Waals surface area contributed by atoms with Crippen molar-refractivity contribution >= 4 is 38.3 Å². The van der Waals surface area contributed by atoms with E-state index in [0.717, 1.165) is 55.1 Å². The zero-order valence-electron chi connectivity index (χ0n) is 18.2. The number of carbonyl (C=O) groups excluding carboxylic acids is 1. The average molecular weight is 441 g/mol. The number of benzene rings is 1. The maximum Gasteiger partial charge on any atom is 0.257 e. The van der Waals surface area contributed by atoms with Gasteiger partial charge in [-0.3, -0.25) is 10.1 Å². The molecule has 1 N–H and O–H groups in total. The monoisotopic (exact) mass is 440 g/mol. The standard InChI is InChI=1S/C23H28N4O3S/c1-4-27(5-2)17-8-6-16(7-9-17)21(28)26-23-25-19-20(31-23)18(14-24-22(19)29-3)15-10-12-30-13-11-15/h6-9,14-15H,4-5,10-13H2,1-3H3,(H,25,26,28). The smallest absolute Gasteiger partial charge is 0.257 e. The van der Waals surface area contributed by atoms with Gasteiger partial charge in [0.15, 0.2) is 5.13 Å². The van der Waals surface area contributed by atoms with Crippen LogP contribution in [0.4, 0.5) is 10.8 Å². The van der Waals surface area contributed by atoms with E-state index >= 15 is 0 Å². The molecule has 0 unspecified atom stereocenters. The molecule has 7 nitrogen and oxygen atoms in total. The summed E-state index contributed by atoms with van der Waals surface area (Å²) in [6, 6.07) is 7.67. The minimum atomic E-state index is -0.176. The van der Waals surface area contributed by atoms with E-state index in [1.165, 1.54) is 11.3 Å². The second-order valence-electron chi connectivity index (χ2n) is 7.48. The Hall–Kier alpha value is -2.71. The van der Waals surface area contributed by atoms with E-state index in [-0.39, 0.29) is 5.91 Å². The highest BCUT2D eigenvalue weighted by Crippen LogP contribution is 2.39. The highest BCUT2D eigenvalue weighted by molar-refractivity contribution is 7.22. The van der Waals surface area contributed by atoms with Crippen LogP contribution in [-0.4, -0.2) is 49.3 Å². The summed E-state index contributed by atoms with van der Waals surface area (Å²) < 4.78 is 11.9. The molecule has 0 spiro atoms. The summed E-state index contributed by atoms with van der Waals surface area (Å²) in [5.74, 6) is 0.683. The molecule has 0 radical (unpaired) electrons. The van der Waals surface area contributed by atoms with E-state index < -0.39 is 0 Å². The molecule has 4 rings (SSSR count). The highest BCUT2D eigenvalue weighted by Gasteiger charge is 2.23. The van der Waals surface area contributed by atoms with Gasteiger partial charge in [0, 0.05) is 43.8 Å². The number of rotatable bonds is 7. The number of carbonyl (C=O) groups is 1. The number of amides is 1. The first-order valence-electron chi connectivity index (χ1n) is 10.7. The molecule has 1 amide bonds. The van der Waals surface area contributed by atoms with Gasteiger partial charge in [-0.15, -0.1) is 0 Å². The van der Waals surface area contributed by atoms with Crippen LogP contribution in [0.5, 0.6) is 5.88 Å². The van der Waals surface area contributed by atoms with Gasteiger partial charge in [0.25, 0.3) is 5.91 Å². The number of aromatic nitrogens is 2. The van der Waals surface area contributed by atoms with Gasteiger partial charge in [-0.05, 0) is 62.4 Å². The molecule has 1 aromatic carbocycles. The Morgan fingerprint density at radius 2 is 1.94 bits per heavy atom. The lowest BCUT2D eigenvalue weighted by Gasteiger charge is -2.22. The minimum absolute atomic E-state index is 0.176. The molecule has 2 aromatic heterocycles. The minimum Gasteiger partial charge on any atom is -0.479 e. The first kappa shape index (κ1) is 21.5. The van der Waals surface area contributed by atoms with Crippen molar-refractivity contribution in [1.82, 2.24) is 9.97 Å². The number of fused-ring (bicyclic) bond motifs is 1. The van der Waals surface area contributed by atoms with Gasteiger partial charge in [-0.25, -0.2) is 9.97 Å². The number of hydrogen-bond acceptors (Lipinski definition) is 7. The number of hydrogen-bond donors (Lipinski definition) is 1. The van der Waals surface area contributed by atoms with E-state index in [9.17, 15) is 4.79 Å². The van der Waals surface area contributed by atoms with Crippen molar-refractivity contribution in [3.63, 3.8) is 0 Å². The summed E-state index contributed by atoms with van der Waals surface area (Å²) in [7, 11) is 1.59. The zero-order chi connectivity index (χ0) is 21.8. The van der Waals surface area contributed by atoms with E-state index in [2.05, 4.69) is 34.0 Å². The fraction of sp³-hybridized carbons (Fsp3) is 0.435. The van der Waals surface area contributed by atoms with Crippen LogP contribution in [0.1, 0.15) is 48.5 Å². The molecule has 164 valence electrons. The number of ether oxygens (including phenoxy) is 2. The Kier molecular flexibility index (Phi) is 6.67. The van der Waals surface area contributed by atoms with Gasteiger partial charge in [0.05, 0.1) is 11.8 Å². The van der Waals surface area contributed by atoms with Crippen LogP contribution < -0.4 is 15.0 Å². The Morgan fingerprint density at radius 3 is 2.58 bits per heavy atom. The van der Waals surface area contributed by atoms with Gasteiger partial charge < -0.3 is 14.4 Å². The normalized spacial score (nSPS) is 14.5. The third-order valence-corrected chi connectivity index (χ3v) is 6.77. The molecular formula is C23H28N4O3S. The van der Waals surface area contributed by atoms with E-state index in [0.29, 0.717) is 28.0 Å². The van der Waals surface area contributed by atoms with Crippen LogP contribution in [-0.2, 0) is 4.74 Å². The molecular weight excluding hydrogens is 412 g/mol. The van der Waals surface area contributed by atoms with Gasteiger partial charge >= 0.3 is 0 Å². The predicted octanol–water partition coefficient (Wildman–Crippen LogP) is 4.69. The van der Waals surface area contributed by atoms with Crippen molar-refractivity contribution in [2.75, 3.05) is 43.6 Å². The molecule has 8 heteroatoms. The highest BCUT2D eigenvalue weighted by atomic mass is 32.1. The van der Waals surface area contributed by atoms with Gasteiger partial charge in [0.2, 0.25) is 5.88 Å². The molecule has 0 aliphatic carbocycles. The Labute approximate surface area is 186 Å². The lowest BCUT2D eigenvalue weighted by atomic mass is 9.93. The zero-order valence-corrected chi connectivity index (χ0v) is 19.0. The van der Waals surface area contributed by atoms with E-state index in [1.807, 2.05) is 30.5 Å². The van der Waals surface area contributed by atoms with Crippen molar-refractivity contribution in [1.29, 1.82) is 0 Å². The largest absolute Gasteiger partial charge is 0.479 e. The van der Waals surface area contributed by atoms with Gasteiger partial charge in [0.1, 0.15) is 5.52 Å². The SMILES string of the molecule is CCN(CC)c1ccc(C(=O)Nc2nc3c(OC)ncc(C4CCOCC4)c3s2)cc1. The number of nitrogens with zero attached hydrogens (tertiary/aromatic N) is 3. The Bertz CT molecular complexity index is 1040. The van der Waals surface area contributed by atoms with Crippen LogP contribution in [0.2, 0.25) is 0 Å². The summed E-state index contributed by atoms with van der Waals surface area (Å²) in [4.78, 5) is 24.2. The number of nitrogens with one attached hydrogen (secondary N) is 1. The number of pyridine rings is 1. The van der Waals surface area contributed by atoms with Crippen molar-refractivity contribution in [2.45, 2.75) is 32.6 Å². The first-order chi connectivity index (χ1) is 15.1. The van der Waals surface area contributed by atoms with Crippen molar-refractivity contribution in [3.8, 4) is 5.88 Å². The van der Waals surface area contributed by atoms with Crippen LogP contribution in [0.3, 0.4) is 0 Å². The van der Waals surface area contributed by atoms with Gasteiger partial charge in [-0.2, -0.15) is 0 Å². The predicted molar refractivity (Wildman–Crippen MR) is 125 cm³/mol. The Balaban J connectivity index is 1.58. The second-order valence-corrected chi connectivity index (χ2v) is 8.48. The average Bonchev–Trinajstić information content (AvgIpc) is 3.23.